The normalized spacial score (nSPS) is 19.4. The third-order valence-corrected chi connectivity index (χ3v) is 7.23. The predicted molar refractivity (Wildman–Crippen MR) is 144 cm³/mol. The minimum Gasteiger partial charge on any atom is -0.456 e. The molecule has 8 nitrogen and oxygen atoms in total. The summed E-state index contributed by atoms with van der Waals surface area (Å²) in [5.74, 6) is -1.06. The number of ether oxygens (including phenoxy) is 1. The van der Waals surface area contributed by atoms with Crippen molar-refractivity contribution >= 4 is 70.0 Å². The van der Waals surface area contributed by atoms with E-state index < -0.39 is 33.7 Å². The Morgan fingerprint density at radius 2 is 1.97 bits per heavy atom. The number of amides is 2. The van der Waals surface area contributed by atoms with E-state index in [1.807, 2.05) is 53.2 Å². The number of nitrogen functional groups attached to an aromatic ring is 1. The van der Waals surface area contributed by atoms with E-state index in [1.165, 1.54) is 16.7 Å². The van der Waals surface area contributed by atoms with E-state index in [0.717, 1.165) is 5.56 Å². The average Bonchev–Trinajstić information content (AvgIpc) is 2.85. The Morgan fingerprint density at radius 1 is 1.22 bits per heavy atom. The summed E-state index contributed by atoms with van der Waals surface area (Å²) in [7, 11) is 0. The molecular formula is C25H24Cl3N4O4S+. The van der Waals surface area contributed by atoms with Gasteiger partial charge in [0.15, 0.2) is 18.9 Å². The number of anilines is 1. The number of aromatic nitrogens is 1. The molecule has 2 aliphatic rings. The Balaban J connectivity index is 1.51. The molecule has 1 fully saturated rings. The van der Waals surface area contributed by atoms with Crippen molar-refractivity contribution in [2.45, 2.75) is 28.2 Å². The quantitative estimate of drug-likeness (QED) is 0.215. The zero-order valence-corrected chi connectivity index (χ0v) is 22.6. The van der Waals surface area contributed by atoms with E-state index in [2.05, 4.69) is 5.32 Å². The molecule has 37 heavy (non-hydrogen) atoms. The van der Waals surface area contributed by atoms with Crippen LogP contribution in [0, 0.1) is 0 Å². The molecule has 4 rings (SSSR count). The van der Waals surface area contributed by atoms with Gasteiger partial charge in [0.05, 0.1) is 12.1 Å². The van der Waals surface area contributed by atoms with E-state index in [0.29, 0.717) is 23.6 Å². The van der Waals surface area contributed by atoms with Gasteiger partial charge in [0.2, 0.25) is 9.70 Å². The molecule has 194 valence electrons. The summed E-state index contributed by atoms with van der Waals surface area (Å²) in [5, 5.41) is 2.34. The zero-order valence-electron chi connectivity index (χ0n) is 19.5. The van der Waals surface area contributed by atoms with Crippen molar-refractivity contribution in [1.29, 1.82) is 0 Å². The number of allylic oxidation sites excluding steroid dienone is 2. The SMILES string of the molecule is Nc1ccc[n+](C/C=C/C2=C(C(=O)OCC(Cl)(Cl)Cl)N3C(=O)[C@@H](NC(=O)Cc4ccccc4)[C@H]3SC2)c1. The number of rotatable bonds is 8. The Labute approximate surface area is 233 Å². The summed E-state index contributed by atoms with van der Waals surface area (Å²) >= 11 is 18.7. The number of esters is 1. The number of β-lactam (4-membered cyclic amide) rings is 1. The molecule has 0 radical (unpaired) electrons. The molecule has 12 heteroatoms. The van der Waals surface area contributed by atoms with Crippen LogP contribution in [-0.2, 0) is 32.1 Å². The molecule has 1 aromatic carbocycles. The minimum absolute atomic E-state index is 0.0744. The zero-order chi connectivity index (χ0) is 26.6. The van der Waals surface area contributed by atoms with Gasteiger partial charge in [-0.3, -0.25) is 14.5 Å². The predicted octanol–water partition coefficient (Wildman–Crippen LogP) is 2.92. The number of hydrogen-bond acceptors (Lipinski definition) is 6. The number of carbonyl (C=O) groups excluding carboxylic acids is 3. The van der Waals surface area contributed by atoms with Gasteiger partial charge in [-0.1, -0.05) is 71.2 Å². The first kappa shape index (κ1) is 27.3. The van der Waals surface area contributed by atoms with Crippen LogP contribution in [0.15, 0.2) is 78.3 Å². The van der Waals surface area contributed by atoms with E-state index in [-0.39, 0.29) is 18.0 Å². The summed E-state index contributed by atoms with van der Waals surface area (Å²) in [6, 6.07) is 12.1. The van der Waals surface area contributed by atoms with Gasteiger partial charge in [0.1, 0.15) is 23.7 Å². The number of benzene rings is 1. The smallest absolute Gasteiger partial charge is 0.355 e. The van der Waals surface area contributed by atoms with Crippen LogP contribution in [0.3, 0.4) is 0 Å². The molecule has 0 unspecified atom stereocenters. The number of nitrogens with zero attached hydrogens (tertiary/aromatic N) is 2. The van der Waals surface area contributed by atoms with E-state index in [9.17, 15) is 14.4 Å². The Morgan fingerprint density at radius 3 is 2.68 bits per heavy atom. The maximum absolute atomic E-state index is 13.1. The van der Waals surface area contributed by atoms with Gasteiger partial charge in [0.25, 0.3) is 5.91 Å². The van der Waals surface area contributed by atoms with Crippen LogP contribution in [0.2, 0.25) is 0 Å². The molecule has 1 aromatic heterocycles. The van der Waals surface area contributed by atoms with Gasteiger partial charge >= 0.3 is 5.97 Å². The number of thioether (sulfide) groups is 1. The molecule has 0 bridgehead atoms. The Kier molecular flexibility index (Phi) is 8.69. The lowest BCUT2D eigenvalue weighted by molar-refractivity contribution is -0.686. The summed E-state index contributed by atoms with van der Waals surface area (Å²) in [4.78, 5) is 40.1. The number of nitrogens with two attached hydrogens (primary N) is 1. The lowest BCUT2D eigenvalue weighted by atomic mass is 10.0. The second-order valence-corrected chi connectivity index (χ2v) is 12.0. The molecule has 3 heterocycles. The number of halogens is 3. The third kappa shape index (κ3) is 6.98. The van der Waals surface area contributed by atoms with Gasteiger partial charge in [0, 0.05) is 11.8 Å². The fourth-order valence-corrected chi connectivity index (χ4v) is 5.44. The molecule has 2 aliphatic heterocycles. The van der Waals surface area contributed by atoms with Crippen molar-refractivity contribution in [3.05, 3.63) is 83.8 Å². The molecule has 2 atom stereocenters. The van der Waals surface area contributed by atoms with Crippen molar-refractivity contribution in [1.82, 2.24) is 10.2 Å². The van der Waals surface area contributed by atoms with Crippen LogP contribution in [0.4, 0.5) is 5.69 Å². The largest absolute Gasteiger partial charge is 0.456 e. The maximum atomic E-state index is 13.1. The second kappa shape index (κ2) is 11.8. The van der Waals surface area contributed by atoms with Crippen LogP contribution in [0.1, 0.15) is 5.56 Å². The molecule has 2 aromatic rings. The minimum atomic E-state index is -1.80. The van der Waals surface area contributed by atoms with Crippen molar-refractivity contribution < 1.29 is 23.7 Å². The van der Waals surface area contributed by atoms with Crippen LogP contribution in [0.5, 0.6) is 0 Å². The average molecular weight is 583 g/mol. The monoisotopic (exact) mass is 581 g/mol. The van der Waals surface area contributed by atoms with Gasteiger partial charge < -0.3 is 15.8 Å². The van der Waals surface area contributed by atoms with E-state index in [1.54, 1.807) is 18.3 Å². The number of pyridine rings is 1. The number of alkyl halides is 3. The maximum Gasteiger partial charge on any atom is 0.355 e. The fourth-order valence-electron chi connectivity index (χ4n) is 3.95. The molecular weight excluding hydrogens is 559 g/mol. The number of fused-ring (bicyclic) bond motifs is 1. The van der Waals surface area contributed by atoms with Gasteiger partial charge in [-0.15, -0.1) is 11.8 Å². The first-order valence-electron chi connectivity index (χ1n) is 11.3. The van der Waals surface area contributed by atoms with E-state index in [4.69, 9.17) is 45.3 Å². The number of carbonyl (C=O) groups is 3. The molecule has 1 saturated heterocycles. The van der Waals surface area contributed by atoms with Gasteiger partial charge in [-0.2, -0.15) is 4.57 Å². The highest BCUT2D eigenvalue weighted by Gasteiger charge is 2.54. The molecule has 0 saturated carbocycles. The standard InChI is InChI=1S/C25H23Cl3N4O4S/c26-25(27,28)15-36-24(35)21-17(8-4-10-31-11-5-9-18(29)13-31)14-37-23-20(22(34)32(21)23)30-19(33)12-16-6-2-1-3-7-16/h1-9,11,13,20,23H,10,12,14-15,29H2/p+1/b8-4+/t20-,23-/m1/s1. The number of nitrogens with one attached hydrogen (secondary N) is 1. The highest BCUT2D eigenvalue weighted by Crippen LogP contribution is 2.41. The molecule has 3 N–H and O–H groups in total. The van der Waals surface area contributed by atoms with E-state index >= 15 is 0 Å². The summed E-state index contributed by atoms with van der Waals surface area (Å²) in [6.45, 7) is 0.0123. The lowest BCUT2D eigenvalue weighted by Crippen LogP contribution is -2.70. The topological polar surface area (TPSA) is 106 Å². The van der Waals surface area contributed by atoms with Crippen LogP contribution in [0.25, 0.3) is 0 Å². The molecule has 0 spiro atoms. The third-order valence-electron chi connectivity index (χ3n) is 5.60. The highest BCUT2D eigenvalue weighted by molar-refractivity contribution is 8.00. The Hall–Kier alpha value is -2.72. The van der Waals surface area contributed by atoms with Gasteiger partial charge in [-0.05, 0) is 23.3 Å². The van der Waals surface area contributed by atoms with Crippen molar-refractivity contribution in [2.24, 2.45) is 0 Å². The highest BCUT2D eigenvalue weighted by atomic mass is 35.6. The second-order valence-electron chi connectivity index (χ2n) is 8.42. The fraction of sp³-hybridized carbons (Fsp3) is 0.280. The lowest BCUT2D eigenvalue weighted by Gasteiger charge is -2.49. The Bertz CT molecular complexity index is 1250. The van der Waals surface area contributed by atoms with Crippen LogP contribution in [-0.4, -0.2) is 50.3 Å². The van der Waals surface area contributed by atoms with Crippen molar-refractivity contribution in [2.75, 3.05) is 18.1 Å². The van der Waals surface area contributed by atoms with Crippen molar-refractivity contribution in [3.63, 3.8) is 0 Å². The van der Waals surface area contributed by atoms with Gasteiger partial charge in [-0.25, -0.2) is 4.79 Å². The molecule has 2 amide bonds. The summed E-state index contributed by atoms with van der Waals surface area (Å²) in [5.41, 5.74) is 7.94. The summed E-state index contributed by atoms with van der Waals surface area (Å²) < 4.78 is 5.29. The first-order valence-corrected chi connectivity index (χ1v) is 13.5. The van der Waals surface area contributed by atoms with Crippen molar-refractivity contribution in [3.8, 4) is 0 Å². The molecule has 0 aliphatic carbocycles. The summed E-state index contributed by atoms with van der Waals surface area (Å²) in [6.07, 6.45) is 7.40. The first-order chi connectivity index (χ1) is 17.6. The van der Waals surface area contributed by atoms with Crippen LogP contribution >= 0.6 is 46.6 Å². The number of hydrogen-bond donors (Lipinski definition) is 2. The van der Waals surface area contributed by atoms with Crippen LogP contribution < -0.4 is 15.6 Å².